The third-order valence-electron chi connectivity index (χ3n) is 4.27. The molecule has 0 amide bonds. The Morgan fingerprint density at radius 1 is 1.22 bits per heavy atom. The van der Waals surface area contributed by atoms with Crippen LogP contribution < -0.4 is 5.32 Å². The van der Waals surface area contributed by atoms with E-state index in [4.69, 9.17) is 0 Å². The van der Waals surface area contributed by atoms with Crippen LogP contribution in [0.4, 0.5) is 0 Å². The zero-order valence-corrected chi connectivity index (χ0v) is 11.6. The Morgan fingerprint density at radius 2 is 1.94 bits per heavy atom. The topological polar surface area (TPSA) is 32.3 Å². The minimum Gasteiger partial charge on any atom is -0.396 e. The summed E-state index contributed by atoms with van der Waals surface area (Å²) in [4.78, 5) is 0. The average molecular weight is 247 g/mol. The normalized spacial score (nSPS) is 18.2. The molecule has 2 N–H and O–H groups in total. The molecule has 0 heterocycles. The van der Waals surface area contributed by atoms with E-state index in [1.165, 1.54) is 42.4 Å². The fourth-order valence-corrected chi connectivity index (χ4v) is 3.09. The lowest BCUT2D eigenvalue weighted by atomic mass is 9.86. The quantitative estimate of drug-likeness (QED) is 0.838. The van der Waals surface area contributed by atoms with Crippen molar-refractivity contribution in [3.63, 3.8) is 0 Å². The van der Waals surface area contributed by atoms with Crippen LogP contribution in [-0.4, -0.2) is 18.8 Å². The van der Waals surface area contributed by atoms with Gasteiger partial charge in [0.05, 0.1) is 0 Å². The largest absolute Gasteiger partial charge is 0.396 e. The number of hydrogen-bond donors (Lipinski definition) is 2. The Morgan fingerprint density at radius 3 is 2.56 bits per heavy atom. The summed E-state index contributed by atoms with van der Waals surface area (Å²) in [5.41, 5.74) is 4.38. The molecule has 2 nitrogen and oxygen atoms in total. The molecule has 0 saturated heterocycles. The van der Waals surface area contributed by atoms with Gasteiger partial charge >= 0.3 is 0 Å². The van der Waals surface area contributed by atoms with Gasteiger partial charge in [0.2, 0.25) is 0 Å². The van der Waals surface area contributed by atoms with Gasteiger partial charge in [0.25, 0.3) is 0 Å². The minimum absolute atomic E-state index is 0.249. The number of hydrogen-bond acceptors (Lipinski definition) is 2. The first-order chi connectivity index (χ1) is 8.80. The van der Waals surface area contributed by atoms with Gasteiger partial charge in [0.15, 0.2) is 0 Å². The van der Waals surface area contributed by atoms with E-state index >= 15 is 0 Å². The summed E-state index contributed by atoms with van der Waals surface area (Å²) in [6.07, 6.45) is 6.10. The average Bonchev–Trinajstić information content (AvgIpc) is 2.44. The molecule has 0 spiro atoms. The highest BCUT2D eigenvalue weighted by Gasteiger charge is 2.20. The number of benzene rings is 1. The van der Waals surface area contributed by atoms with Gasteiger partial charge in [-0.1, -0.05) is 25.1 Å². The van der Waals surface area contributed by atoms with Crippen molar-refractivity contribution in [1.29, 1.82) is 0 Å². The number of rotatable bonds is 5. The SMILES string of the molecule is CCC(CO)C(NC)c1ccc2c(c1)CCCC2. The van der Waals surface area contributed by atoms with E-state index in [9.17, 15) is 5.11 Å². The fourth-order valence-electron chi connectivity index (χ4n) is 3.09. The molecule has 18 heavy (non-hydrogen) atoms. The van der Waals surface area contributed by atoms with E-state index < -0.39 is 0 Å². The molecule has 0 aliphatic heterocycles. The van der Waals surface area contributed by atoms with Gasteiger partial charge in [0, 0.05) is 18.6 Å². The lowest BCUT2D eigenvalue weighted by molar-refractivity contribution is 0.189. The predicted octanol–water partition coefficient (Wildman–Crippen LogP) is 2.84. The van der Waals surface area contributed by atoms with E-state index in [2.05, 4.69) is 30.4 Å². The molecule has 2 atom stereocenters. The zero-order chi connectivity index (χ0) is 13.0. The molecule has 1 aliphatic carbocycles. The van der Waals surface area contributed by atoms with Crippen molar-refractivity contribution in [3.05, 3.63) is 34.9 Å². The molecule has 0 fully saturated rings. The van der Waals surface area contributed by atoms with Gasteiger partial charge in [-0.05, 0) is 55.8 Å². The second-order valence-electron chi connectivity index (χ2n) is 5.35. The maximum absolute atomic E-state index is 9.49. The Labute approximate surface area is 110 Å². The van der Waals surface area contributed by atoms with Crippen LogP contribution in [-0.2, 0) is 12.8 Å². The summed E-state index contributed by atoms with van der Waals surface area (Å²) >= 11 is 0. The molecule has 1 aliphatic rings. The van der Waals surface area contributed by atoms with Crippen LogP contribution in [0.2, 0.25) is 0 Å². The van der Waals surface area contributed by atoms with Crippen molar-refractivity contribution in [2.75, 3.05) is 13.7 Å². The second kappa shape index (κ2) is 6.35. The molecular formula is C16H25NO. The maximum Gasteiger partial charge on any atom is 0.0477 e. The van der Waals surface area contributed by atoms with Crippen molar-refractivity contribution in [1.82, 2.24) is 5.32 Å². The molecule has 1 aromatic rings. The lowest BCUT2D eigenvalue weighted by Crippen LogP contribution is -2.27. The standard InChI is InChI=1S/C16H25NO/c1-3-12(11-18)16(17-2)15-9-8-13-6-4-5-7-14(13)10-15/h8-10,12,16-18H,3-7,11H2,1-2H3. The van der Waals surface area contributed by atoms with Crippen LogP contribution in [0, 0.1) is 5.92 Å². The highest BCUT2D eigenvalue weighted by atomic mass is 16.3. The van der Waals surface area contributed by atoms with Crippen molar-refractivity contribution in [3.8, 4) is 0 Å². The van der Waals surface area contributed by atoms with Crippen LogP contribution in [0.5, 0.6) is 0 Å². The lowest BCUT2D eigenvalue weighted by Gasteiger charge is -2.26. The summed E-state index contributed by atoms with van der Waals surface area (Å²) in [7, 11) is 1.99. The Kier molecular flexibility index (Phi) is 4.79. The van der Waals surface area contributed by atoms with Crippen molar-refractivity contribution >= 4 is 0 Å². The molecule has 0 bridgehead atoms. The first-order valence-corrected chi connectivity index (χ1v) is 7.20. The number of aliphatic hydroxyl groups is 1. The zero-order valence-electron chi connectivity index (χ0n) is 11.6. The van der Waals surface area contributed by atoms with Crippen molar-refractivity contribution in [2.45, 2.75) is 45.1 Å². The first kappa shape index (κ1) is 13.6. The van der Waals surface area contributed by atoms with E-state index in [1.54, 1.807) is 0 Å². The fraction of sp³-hybridized carbons (Fsp3) is 0.625. The molecule has 2 heteroatoms. The molecule has 0 saturated carbocycles. The Hall–Kier alpha value is -0.860. The molecule has 0 aromatic heterocycles. The van der Waals surface area contributed by atoms with Gasteiger partial charge in [-0.3, -0.25) is 0 Å². The monoisotopic (exact) mass is 247 g/mol. The summed E-state index contributed by atoms with van der Waals surface area (Å²) < 4.78 is 0. The number of nitrogens with one attached hydrogen (secondary N) is 1. The molecular weight excluding hydrogens is 222 g/mol. The van der Waals surface area contributed by atoms with Crippen LogP contribution in [0.3, 0.4) is 0 Å². The number of aryl methyl sites for hydroxylation is 2. The second-order valence-corrected chi connectivity index (χ2v) is 5.35. The first-order valence-electron chi connectivity index (χ1n) is 7.20. The molecule has 1 aromatic carbocycles. The number of aliphatic hydroxyl groups excluding tert-OH is 1. The minimum atomic E-state index is 0.249. The smallest absolute Gasteiger partial charge is 0.0477 e. The Balaban J connectivity index is 2.25. The summed E-state index contributed by atoms with van der Waals surface area (Å²) in [6, 6.07) is 7.16. The summed E-state index contributed by atoms with van der Waals surface area (Å²) in [5, 5.41) is 12.9. The van der Waals surface area contributed by atoms with E-state index in [0.29, 0.717) is 5.92 Å². The van der Waals surface area contributed by atoms with Gasteiger partial charge in [-0.15, -0.1) is 0 Å². The van der Waals surface area contributed by atoms with Gasteiger partial charge in [-0.2, -0.15) is 0 Å². The third-order valence-corrected chi connectivity index (χ3v) is 4.27. The van der Waals surface area contributed by atoms with Crippen molar-refractivity contribution < 1.29 is 5.11 Å². The number of fused-ring (bicyclic) bond motifs is 1. The Bertz CT molecular complexity index is 385. The molecule has 0 radical (unpaired) electrons. The van der Waals surface area contributed by atoms with Gasteiger partial charge in [-0.25, -0.2) is 0 Å². The van der Waals surface area contributed by atoms with Crippen LogP contribution in [0.1, 0.15) is 48.9 Å². The van der Waals surface area contributed by atoms with Crippen LogP contribution >= 0.6 is 0 Å². The predicted molar refractivity (Wildman–Crippen MR) is 75.8 cm³/mol. The highest BCUT2D eigenvalue weighted by Crippen LogP contribution is 2.29. The summed E-state index contributed by atoms with van der Waals surface area (Å²) in [6.45, 7) is 2.39. The van der Waals surface area contributed by atoms with E-state index in [1.807, 2.05) is 7.05 Å². The maximum atomic E-state index is 9.49. The van der Waals surface area contributed by atoms with E-state index in [0.717, 1.165) is 6.42 Å². The third kappa shape index (κ3) is 2.76. The highest BCUT2D eigenvalue weighted by molar-refractivity contribution is 5.35. The summed E-state index contributed by atoms with van der Waals surface area (Å²) in [5.74, 6) is 0.302. The molecule has 100 valence electrons. The van der Waals surface area contributed by atoms with Crippen LogP contribution in [0.15, 0.2) is 18.2 Å². The van der Waals surface area contributed by atoms with Crippen LogP contribution in [0.25, 0.3) is 0 Å². The van der Waals surface area contributed by atoms with Crippen molar-refractivity contribution in [2.24, 2.45) is 5.92 Å². The molecule has 2 unspecified atom stereocenters. The van der Waals surface area contributed by atoms with Gasteiger partial charge in [0.1, 0.15) is 0 Å². The van der Waals surface area contributed by atoms with E-state index in [-0.39, 0.29) is 12.6 Å². The molecule has 2 rings (SSSR count). The van der Waals surface area contributed by atoms with Gasteiger partial charge < -0.3 is 10.4 Å².